The number of hydrogen-bond donors (Lipinski definition) is 0. The van der Waals surface area contributed by atoms with Crippen molar-refractivity contribution in [3.8, 4) is 11.3 Å². The van der Waals surface area contributed by atoms with Gasteiger partial charge in [-0.1, -0.05) is 12.1 Å². The lowest BCUT2D eigenvalue weighted by atomic mass is 10.1. The molecule has 0 aliphatic carbocycles. The fourth-order valence-corrected chi connectivity index (χ4v) is 2.42. The van der Waals surface area contributed by atoms with Crippen LogP contribution < -0.4 is 4.90 Å². The number of anilines is 1. The topological polar surface area (TPSA) is 46.1 Å². The van der Waals surface area contributed by atoms with E-state index in [9.17, 15) is 9.18 Å². The third-order valence-corrected chi connectivity index (χ3v) is 3.40. The largest absolute Gasteiger partial charge is 0.312 e. The van der Waals surface area contributed by atoms with Crippen LogP contribution in [0, 0.1) is 5.82 Å². The van der Waals surface area contributed by atoms with Crippen molar-refractivity contribution in [1.82, 2.24) is 9.97 Å². The number of halogens is 2. The molecule has 0 unspecified atom stereocenters. The highest BCUT2D eigenvalue weighted by Crippen LogP contribution is 2.28. The lowest BCUT2D eigenvalue weighted by molar-refractivity contribution is -0.117. The molecule has 1 aromatic heterocycles. The van der Waals surface area contributed by atoms with E-state index in [-0.39, 0.29) is 16.9 Å². The van der Waals surface area contributed by atoms with Gasteiger partial charge in [0.05, 0.1) is 6.20 Å². The van der Waals surface area contributed by atoms with Gasteiger partial charge in [0.25, 0.3) is 0 Å². The monoisotopic (exact) mass is 291 g/mol. The van der Waals surface area contributed by atoms with Crippen molar-refractivity contribution in [2.24, 2.45) is 0 Å². The molecule has 1 amide bonds. The lowest BCUT2D eigenvalue weighted by Gasteiger charge is -2.16. The van der Waals surface area contributed by atoms with Gasteiger partial charge in [-0.15, -0.1) is 0 Å². The summed E-state index contributed by atoms with van der Waals surface area (Å²) in [6.45, 7) is 0.690. The van der Waals surface area contributed by atoms with Crippen LogP contribution in [0.1, 0.15) is 12.8 Å². The molecule has 0 saturated carbocycles. The number of rotatable bonds is 2. The van der Waals surface area contributed by atoms with E-state index in [1.165, 1.54) is 0 Å². The second-order valence-corrected chi connectivity index (χ2v) is 4.87. The molecule has 1 fully saturated rings. The van der Waals surface area contributed by atoms with Gasteiger partial charge in [-0.3, -0.25) is 4.79 Å². The van der Waals surface area contributed by atoms with Crippen molar-refractivity contribution in [2.75, 3.05) is 11.4 Å². The molecule has 0 bridgehead atoms. The highest BCUT2D eigenvalue weighted by atomic mass is 35.5. The number of amides is 1. The lowest BCUT2D eigenvalue weighted by Crippen LogP contribution is -2.23. The van der Waals surface area contributed by atoms with Crippen LogP contribution in [0.15, 0.2) is 30.5 Å². The Hall–Kier alpha value is -2.01. The zero-order valence-corrected chi connectivity index (χ0v) is 11.3. The molecule has 20 heavy (non-hydrogen) atoms. The summed E-state index contributed by atoms with van der Waals surface area (Å²) in [5.74, 6) is -0.456. The summed E-state index contributed by atoms with van der Waals surface area (Å²) in [7, 11) is 0. The summed E-state index contributed by atoms with van der Waals surface area (Å²) in [6.07, 6.45) is 2.44. The minimum absolute atomic E-state index is 0.0101. The molecular formula is C14H11ClFN3O. The van der Waals surface area contributed by atoms with Crippen LogP contribution in [0.4, 0.5) is 10.1 Å². The normalized spacial score (nSPS) is 14.9. The van der Waals surface area contributed by atoms with E-state index in [1.54, 1.807) is 23.1 Å². The van der Waals surface area contributed by atoms with Gasteiger partial charge in [-0.2, -0.15) is 0 Å². The van der Waals surface area contributed by atoms with Crippen LogP contribution in [0.25, 0.3) is 11.3 Å². The Bertz CT molecular complexity index is 677. The van der Waals surface area contributed by atoms with E-state index < -0.39 is 5.82 Å². The summed E-state index contributed by atoms with van der Waals surface area (Å²) < 4.78 is 13.8. The SMILES string of the molecule is O=C1CCCN1c1cccc(-c2nc(Cl)ncc2F)c1. The summed E-state index contributed by atoms with van der Waals surface area (Å²) in [6, 6.07) is 7.07. The van der Waals surface area contributed by atoms with E-state index in [1.807, 2.05) is 6.07 Å². The molecule has 1 aliphatic heterocycles. The molecule has 1 aromatic carbocycles. The Morgan fingerprint density at radius 2 is 2.20 bits per heavy atom. The fraction of sp³-hybridized carbons (Fsp3) is 0.214. The van der Waals surface area contributed by atoms with Crippen LogP contribution in [0.3, 0.4) is 0 Å². The highest BCUT2D eigenvalue weighted by molar-refractivity contribution is 6.28. The summed E-state index contributed by atoms with van der Waals surface area (Å²) in [5, 5.41) is -0.0101. The second kappa shape index (κ2) is 5.17. The maximum absolute atomic E-state index is 13.8. The van der Waals surface area contributed by atoms with Crippen molar-refractivity contribution in [3.05, 3.63) is 41.6 Å². The highest BCUT2D eigenvalue weighted by Gasteiger charge is 2.22. The Labute approximate surface area is 120 Å². The number of aromatic nitrogens is 2. The molecule has 2 aromatic rings. The van der Waals surface area contributed by atoms with E-state index >= 15 is 0 Å². The summed E-state index contributed by atoms with van der Waals surface area (Å²) >= 11 is 5.70. The van der Waals surface area contributed by atoms with Gasteiger partial charge in [0.2, 0.25) is 11.2 Å². The van der Waals surface area contributed by atoms with Crippen molar-refractivity contribution >= 4 is 23.2 Å². The minimum atomic E-state index is -0.542. The van der Waals surface area contributed by atoms with Crippen LogP contribution in [0.2, 0.25) is 5.28 Å². The smallest absolute Gasteiger partial charge is 0.227 e. The van der Waals surface area contributed by atoms with Gasteiger partial charge in [-0.05, 0) is 30.2 Å². The predicted molar refractivity (Wildman–Crippen MR) is 74.0 cm³/mol. The standard InChI is InChI=1S/C14H11ClFN3O/c15-14-17-8-11(16)13(18-14)9-3-1-4-10(7-9)19-6-2-5-12(19)20/h1,3-4,7-8H,2,5-6H2. The van der Waals surface area contributed by atoms with Gasteiger partial charge < -0.3 is 4.90 Å². The van der Waals surface area contributed by atoms with E-state index in [0.717, 1.165) is 18.3 Å². The molecule has 0 N–H and O–H groups in total. The maximum Gasteiger partial charge on any atom is 0.227 e. The number of carbonyl (C=O) groups is 1. The first-order valence-electron chi connectivity index (χ1n) is 6.24. The minimum Gasteiger partial charge on any atom is -0.312 e. The van der Waals surface area contributed by atoms with Gasteiger partial charge in [0.1, 0.15) is 5.69 Å². The predicted octanol–water partition coefficient (Wildman–Crippen LogP) is 3.06. The summed E-state index contributed by atoms with van der Waals surface area (Å²) in [5.41, 5.74) is 1.46. The zero-order valence-electron chi connectivity index (χ0n) is 10.5. The summed E-state index contributed by atoms with van der Waals surface area (Å²) in [4.78, 5) is 20.9. The fourth-order valence-electron chi connectivity index (χ4n) is 2.29. The van der Waals surface area contributed by atoms with Crippen molar-refractivity contribution in [2.45, 2.75) is 12.8 Å². The number of hydrogen-bond acceptors (Lipinski definition) is 3. The van der Waals surface area contributed by atoms with E-state index in [4.69, 9.17) is 11.6 Å². The molecule has 4 nitrogen and oxygen atoms in total. The molecule has 3 rings (SSSR count). The Balaban J connectivity index is 2.03. The Morgan fingerprint density at radius 3 is 2.95 bits per heavy atom. The maximum atomic E-state index is 13.8. The average molecular weight is 292 g/mol. The quantitative estimate of drug-likeness (QED) is 0.799. The number of benzene rings is 1. The Kier molecular flexibility index (Phi) is 3.36. The molecule has 1 aliphatic rings. The van der Waals surface area contributed by atoms with Crippen molar-refractivity contribution in [3.63, 3.8) is 0 Å². The Morgan fingerprint density at radius 1 is 1.35 bits per heavy atom. The van der Waals surface area contributed by atoms with Gasteiger partial charge in [0, 0.05) is 24.2 Å². The van der Waals surface area contributed by atoms with Crippen LogP contribution >= 0.6 is 11.6 Å². The van der Waals surface area contributed by atoms with E-state index in [0.29, 0.717) is 18.5 Å². The third kappa shape index (κ3) is 2.36. The molecule has 102 valence electrons. The first-order chi connectivity index (χ1) is 9.65. The zero-order chi connectivity index (χ0) is 14.1. The van der Waals surface area contributed by atoms with Crippen LogP contribution in [-0.2, 0) is 4.79 Å². The third-order valence-electron chi connectivity index (χ3n) is 3.22. The van der Waals surface area contributed by atoms with Crippen LogP contribution in [0.5, 0.6) is 0 Å². The second-order valence-electron chi connectivity index (χ2n) is 4.53. The first-order valence-corrected chi connectivity index (χ1v) is 6.62. The molecule has 6 heteroatoms. The average Bonchev–Trinajstić information content (AvgIpc) is 2.88. The van der Waals surface area contributed by atoms with Gasteiger partial charge in [0.15, 0.2) is 5.82 Å². The molecule has 0 radical (unpaired) electrons. The number of carbonyl (C=O) groups excluding carboxylic acids is 1. The van der Waals surface area contributed by atoms with Gasteiger partial charge >= 0.3 is 0 Å². The molecule has 0 spiro atoms. The van der Waals surface area contributed by atoms with Crippen LogP contribution in [-0.4, -0.2) is 22.4 Å². The molecule has 2 heterocycles. The van der Waals surface area contributed by atoms with Crippen molar-refractivity contribution < 1.29 is 9.18 Å². The molecule has 1 saturated heterocycles. The van der Waals surface area contributed by atoms with E-state index in [2.05, 4.69) is 9.97 Å². The first kappa shape index (κ1) is 13.0. The molecule has 0 atom stereocenters. The van der Waals surface area contributed by atoms with Gasteiger partial charge in [-0.25, -0.2) is 14.4 Å². The molecular weight excluding hydrogens is 281 g/mol. The number of nitrogens with zero attached hydrogens (tertiary/aromatic N) is 3. The van der Waals surface area contributed by atoms with Crippen molar-refractivity contribution in [1.29, 1.82) is 0 Å².